The van der Waals surface area contributed by atoms with E-state index in [0.717, 1.165) is 24.1 Å². The van der Waals surface area contributed by atoms with E-state index in [1.807, 2.05) is 6.07 Å². The smallest absolute Gasteiger partial charge is 0.105 e. The van der Waals surface area contributed by atoms with Gasteiger partial charge in [-0.2, -0.15) is 0 Å². The molecule has 2 nitrogen and oxygen atoms in total. The summed E-state index contributed by atoms with van der Waals surface area (Å²) in [6.07, 6.45) is 9.63. The van der Waals surface area contributed by atoms with Gasteiger partial charge in [-0.05, 0) is 37.8 Å². The van der Waals surface area contributed by atoms with Crippen LogP contribution in [0.5, 0.6) is 0 Å². The van der Waals surface area contributed by atoms with Crippen molar-refractivity contribution in [3.8, 4) is 0 Å². The number of rotatable bonds is 5. The van der Waals surface area contributed by atoms with Gasteiger partial charge in [-0.15, -0.1) is 0 Å². The summed E-state index contributed by atoms with van der Waals surface area (Å²) in [5, 5.41) is 3.76. The molecule has 1 aromatic rings. The van der Waals surface area contributed by atoms with E-state index in [2.05, 4.69) is 25.2 Å². The van der Waals surface area contributed by atoms with Gasteiger partial charge in [0.05, 0.1) is 6.26 Å². The van der Waals surface area contributed by atoms with Crippen LogP contribution in [0.4, 0.5) is 0 Å². The number of hydrogen-bond acceptors (Lipinski definition) is 2. The molecule has 2 rings (SSSR count). The SMILES string of the molecule is CCC1CCCC(NC(C)Cc2ccco2)C1. The summed E-state index contributed by atoms with van der Waals surface area (Å²) in [4.78, 5) is 0. The molecule has 1 aliphatic rings. The van der Waals surface area contributed by atoms with Crippen LogP contribution in [0.1, 0.15) is 51.7 Å². The van der Waals surface area contributed by atoms with E-state index in [0.29, 0.717) is 6.04 Å². The van der Waals surface area contributed by atoms with Gasteiger partial charge in [0.2, 0.25) is 0 Å². The lowest BCUT2D eigenvalue weighted by atomic mass is 9.84. The largest absolute Gasteiger partial charge is 0.469 e. The van der Waals surface area contributed by atoms with Crippen molar-refractivity contribution >= 4 is 0 Å². The molecule has 0 spiro atoms. The van der Waals surface area contributed by atoms with Crippen molar-refractivity contribution in [2.45, 2.75) is 64.5 Å². The van der Waals surface area contributed by atoms with Crippen LogP contribution in [0.15, 0.2) is 22.8 Å². The lowest BCUT2D eigenvalue weighted by Gasteiger charge is -2.31. The highest BCUT2D eigenvalue weighted by atomic mass is 16.3. The van der Waals surface area contributed by atoms with E-state index in [1.54, 1.807) is 6.26 Å². The van der Waals surface area contributed by atoms with Gasteiger partial charge in [0.1, 0.15) is 5.76 Å². The van der Waals surface area contributed by atoms with Gasteiger partial charge in [-0.25, -0.2) is 0 Å². The predicted molar refractivity (Wildman–Crippen MR) is 71.0 cm³/mol. The molecule has 1 fully saturated rings. The Labute approximate surface area is 105 Å². The highest BCUT2D eigenvalue weighted by Gasteiger charge is 2.21. The van der Waals surface area contributed by atoms with Crippen LogP contribution in [-0.2, 0) is 6.42 Å². The fourth-order valence-electron chi connectivity index (χ4n) is 3.00. The van der Waals surface area contributed by atoms with Gasteiger partial charge in [-0.3, -0.25) is 0 Å². The molecule has 1 aliphatic carbocycles. The minimum absolute atomic E-state index is 0.516. The first kappa shape index (κ1) is 12.7. The van der Waals surface area contributed by atoms with Crippen LogP contribution in [-0.4, -0.2) is 12.1 Å². The van der Waals surface area contributed by atoms with Crippen LogP contribution in [0.2, 0.25) is 0 Å². The highest BCUT2D eigenvalue weighted by molar-refractivity contribution is 5.00. The summed E-state index contributed by atoms with van der Waals surface area (Å²) in [7, 11) is 0. The molecule has 3 unspecified atom stereocenters. The third kappa shape index (κ3) is 3.88. The van der Waals surface area contributed by atoms with Crippen molar-refractivity contribution in [3.63, 3.8) is 0 Å². The molecule has 0 aromatic carbocycles. The lowest BCUT2D eigenvalue weighted by molar-refractivity contribution is 0.262. The van der Waals surface area contributed by atoms with Crippen molar-refractivity contribution in [3.05, 3.63) is 24.2 Å². The Balaban J connectivity index is 1.76. The summed E-state index contributed by atoms with van der Waals surface area (Å²) < 4.78 is 5.40. The first-order chi connectivity index (χ1) is 8.28. The van der Waals surface area contributed by atoms with E-state index in [-0.39, 0.29) is 0 Å². The quantitative estimate of drug-likeness (QED) is 0.840. The first-order valence-corrected chi connectivity index (χ1v) is 7.06. The van der Waals surface area contributed by atoms with Gasteiger partial charge < -0.3 is 9.73 Å². The summed E-state index contributed by atoms with van der Waals surface area (Å²) in [6, 6.07) is 5.27. The molecule has 1 aromatic heterocycles. The van der Waals surface area contributed by atoms with E-state index >= 15 is 0 Å². The Morgan fingerprint density at radius 3 is 3.06 bits per heavy atom. The zero-order valence-electron chi connectivity index (χ0n) is 11.1. The molecule has 0 aliphatic heterocycles. The van der Waals surface area contributed by atoms with Gasteiger partial charge >= 0.3 is 0 Å². The molecule has 2 heteroatoms. The third-order valence-electron chi connectivity index (χ3n) is 3.97. The Hall–Kier alpha value is -0.760. The maximum atomic E-state index is 5.40. The van der Waals surface area contributed by atoms with Crippen molar-refractivity contribution in [2.24, 2.45) is 5.92 Å². The van der Waals surface area contributed by atoms with Crippen LogP contribution in [0, 0.1) is 5.92 Å². The number of hydrogen-bond donors (Lipinski definition) is 1. The monoisotopic (exact) mass is 235 g/mol. The minimum atomic E-state index is 0.516. The molecular formula is C15H25NO. The Morgan fingerprint density at radius 1 is 1.47 bits per heavy atom. The van der Waals surface area contributed by atoms with E-state index in [4.69, 9.17) is 4.42 Å². The third-order valence-corrected chi connectivity index (χ3v) is 3.97. The Morgan fingerprint density at radius 2 is 2.35 bits per heavy atom. The normalized spacial score (nSPS) is 26.9. The molecule has 0 saturated heterocycles. The first-order valence-electron chi connectivity index (χ1n) is 7.06. The lowest BCUT2D eigenvalue weighted by Crippen LogP contribution is -2.40. The van der Waals surface area contributed by atoms with Crippen molar-refractivity contribution in [1.82, 2.24) is 5.32 Å². The molecule has 96 valence electrons. The number of furan rings is 1. The zero-order chi connectivity index (χ0) is 12.1. The van der Waals surface area contributed by atoms with Crippen LogP contribution < -0.4 is 5.32 Å². The molecule has 1 saturated carbocycles. The zero-order valence-corrected chi connectivity index (χ0v) is 11.1. The Kier molecular flexibility index (Phi) is 4.66. The topological polar surface area (TPSA) is 25.2 Å². The van der Waals surface area contributed by atoms with E-state index in [9.17, 15) is 0 Å². The van der Waals surface area contributed by atoms with Gasteiger partial charge in [0, 0.05) is 18.5 Å². The molecule has 0 amide bonds. The fraction of sp³-hybridized carbons (Fsp3) is 0.733. The van der Waals surface area contributed by atoms with Crippen LogP contribution >= 0.6 is 0 Å². The summed E-state index contributed by atoms with van der Waals surface area (Å²) in [6.45, 7) is 4.58. The second kappa shape index (κ2) is 6.25. The molecule has 17 heavy (non-hydrogen) atoms. The van der Waals surface area contributed by atoms with Crippen molar-refractivity contribution in [2.75, 3.05) is 0 Å². The fourth-order valence-corrected chi connectivity index (χ4v) is 3.00. The summed E-state index contributed by atoms with van der Waals surface area (Å²) >= 11 is 0. The summed E-state index contributed by atoms with van der Waals surface area (Å²) in [5.41, 5.74) is 0. The predicted octanol–water partition coefficient (Wildman–Crippen LogP) is 3.77. The van der Waals surface area contributed by atoms with Crippen LogP contribution in [0.25, 0.3) is 0 Å². The highest BCUT2D eigenvalue weighted by Crippen LogP contribution is 2.26. The number of nitrogens with one attached hydrogen (secondary N) is 1. The van der Waals surface area contributed by atoms with Gasteiger partial charge in [0.15, 0.2) is 0 Å². The van der Waals surface area contributed by atoms with Crippen molar-refractivity contribution in [1.29, 1.82) is 0 Å². The van der Waals surface area contributed by atoms with Crippen LogP contribution in [0.3, 0.4) is 0 Å². The minimum Gasteiger partial charge on any atom is -0.469 e. The Bertz CT molecular complexity index is 307. The van der Waals surface area contributed by atoms with Crippen molar-refractivity contribution < 1.29 is 4.42 Å². The maximum absolute atomic E-state index is 5.40. The van der Waals surface area contributed by atoms with E-state index < -0.39 is 0 Å². The molecule has 0 radical (unpaired) electrons. The second-order valence-corrected chi connectivity index (χ2v) is 5.49. The standard InChI is InChI=1S/C15H25NO/c1-3-13-6-4-7-14(11-13)16-12(2)10-15-8-5-9-17-15/h5,8-9,12-14,16H,3-4,6-7,10-11H2,1-2H3. The summed E-state index contributed by atoms with van der Waals surface area (Å²) in [5.74, 6) is 2.03. The van der Waals surface area contributed by atoms with Gasteiger partial charge in [-0.1, -0.05) is 26.2 Å². The van der Waals surface area contributed by atoms with E-state index in [1.165, 1.54) is 32.1 Å². The van der Waals surface area contributed by atoms with Gasteiger partial charge in [0.25, 0.3) is 0 Å². The molecule has 3 atom stereocenters. The average Bonchev–Trinajstić information content (AvgIpc) is 2.82. The molecule has 1 heterocycles. The maximum Gasteiger partial charge on any atom is 0.105 e. The molecule has 0 bridgehead atoms. The average molecular weight is 235 g/mol. The molecule has 1 N–H and O–H groups in total. The molecular weight excluding hydrogens is 210 g/mol. The second-order valence-electron chi connectivity index (χ2n) is 5.49.